The second-order valence-electron chi connectivity index (χ2n) is 27.4. The molecule has 0 aromatic carbocycles. The van der Waals surface area contributed by atoms with Crippen LogP contribution in [0.2, 0.25) is 0 Å². The van der Waals surface area contributed by atoms with Crippen molar-refractivity contribution in [3.8, 4) is 0 Å². The first-order chi connectivity index (χ1) is 42.0. The van der Waals surface area contributed by atoms with Gasteiger partial charge in [-0.1, -0.05) is 405 Å². The molecule has 0 spiro atoms. The Morgan fingerprint density at radius 3 is 0.835 bits per heavy atom. The zero-order chi connectivity index (χ0) is 61.3. The summed E-state index contributed by atoms with van der Waals surface area (Å²) < 4.78 is 5.52. The maximum Gasteiger partial charge on any atom is 0.305 e. The van der Waals surface area contributed by atoms with Crippen LogP contribution in [0.4, 0.5) is 0 Å². The van der Waals surface area contributed by atoms with E-state index in [1.54, 1.807) is 0 Å². The van der Waals surface area contributed by atoms with Crippen LogP contribution in [0.25, 0.3) is 0 Å². The fourth-order valence-corrected chi connectivity index (χ4v) is 12.8. The standard InChI is InChI=1S/C79H155NO5/c1-3-5-7-9-11-13-15-17-18-19-39-43-46-49-53-57-61-65-69-73-79(84)85-74-70-66-62-58-54-50-47-44-41-38-36-34-32-30-28-26-24-22-20-21-23-25-27-29-31-33-35-37-40-42-45-48-52-56-60-64-68-72-78(83)80-76(75-81)77(82)71-67-63-59-55-51-16-14-12-10-8-6-4-2/h17-18,76-77,81-82H,3-16,19-75H2,1-2H3,(H,80,83)/b18-17-. The smallest absolute Gasteiger partial charge is 0.305 e. The van der Waals surface area contributed by atoms with Gasteiger partial charge in [0.25, 0.3) is 0 Å². The van der Waals surface area contributed by atoms with E-state index >= 15 is 0 Å². The highest BCUT2D eigenvalue weighted by atomic mass is 16.5. The van der Waals surface area contributed by atoms with Crippen LogP contribution in [0, 0.1) is 0 Å². The first kappa shape index (κ1) is 83.6. The minimum absolute atomic E-state index is 0.0241. The van der Waals surface area contributed by atoms with Gasteiger partial charge in [0.1, 0.15) is 0 Å². The van der Waals surface area contributed by atoms with Gasteiger partial charge in [-0.25, -0.2) is 0 Å². The molecule has 0 aliphatic heterocycles. The summed E-state index contributed by atoms with van der Waals surface area (Å²) in [5.41, 5.74) is 0. The van der Waals surface area contributed by atoms with E-state index in [1.807, 2.05) is 0 Å². The van der Waals surface area contributed by atoms with E-state index in [9.17, 15) is 19.8 Å². The molecule has 0 saturated carbocycles. The average Bonchev–Trinajstić information content (AvgIpc) is 3.52. The van der Waals surface area contributed by atoms with E-state index in [1.165, 1.54) is 385 Å². The van der Waals surface area contributed by atoms with Gasteiger partial charge in [-0.15, -0.1) is 0 Å². The maximum atomic E-state index is 12.5. The van der Waals surface area contributed by atoms with E-state index in [0.717, 1.165) is 38.5 Å². The summed E-state index contributed by atoms with van der Waals surface area (Å²) in [5, 5.41) is 23.3. The maximum absolute atomic E-state index is 12.5. The average molecular weight is 1200 g/mol. The molecule has 85 heavy (non-hydrogen) atoms. The fourth-order valence-electron chi connectivity index (χ4n) is 12.8. The monoisotopic (exact) mass is 1200 g/mol. The molecule has 0 aliphatic rings. The van der Waals surface area contributed by atoms with Crippen molar-refractivity contribution >= 4 is 11.9 Å². The van der Waals surface area contributed by atoms with Crippen LogP contribution in [0.15, 0.2) is 12.2 Å². The topological polar surface area (TPSA) is 95.9 Å². The van der Waals surface area contributed by atoms with Gasteiger partial charge in [-0.3, -0.25) is 9.59 Å². The zero-order valence-corrected chi connectivity index (χ0v) is 58.1. The predicted octanol–water partition coefficient (Wildman–Crippen LogP) is 25.9. The van der Waals surface area contributed by atoms with E-state index in [2.05, 4.69) is 31.3 Å². The number of aliphatic hydroxyl groups is 2. The van der Waals surface area contributed by atoms with Crippen LogP contribution in [-0.4, -0.2) is 47.4 Å². The molecule has 0 fully saturated rings. The first-order valence-corrected chi connectivity index (χ1v) is 39.4. The zero-order valence-electron chi connectivity index (χ0n) is 58.1. The van der Waals surface area contributed by atoms with Crippen LogP contribution in [0.3, 0.4) is 0 Å². The summed E-state index contributed by atoms with van der Waals surface area (Å²) in [6.45, 7) is 4.99. The number of carbonyl (C=O) groups excluding carboxylic acids is 2. The molecule has 3 N–H and O–H groups in total. The highest BCUT2D eigenvalue weighted by Crippen LogP contribution is 2.20. The second kappa shape index (κ2) is 75.1. The molecule has 6 nitrogen and oxygen atoms in total. The van der Waals surface area contributed by atoms with Gasteiger partial charge in [0.2, 0.25) is 5.91 Å². The normalized spacial score (nSPS) is 12.5. The third-order valence-electron chi connectivity index (χ3n) is 18.8. The lowest BCUT2D eigenvalue weighted by Crippen LogP contribution is -2.45. The van der Waals surface area contributed by atoms with Gasteiger partial charge in [0, 0.05) is 12.8 Å². The molecular weight excluding hydrogens is 1040 g/mol. The van der Waals surface area contributed by atoms with E-state index in [-0.39, 0.29) is 18.5 Å². The Labute approximate surface area is 533 Å². The summed E-state index contributed by atoms with van der Waals surface area (Å²) in [6, 6.07) is -0.535. The number of allylic oxidation sites excluding steroid dienone is 2. The summed E-state index contributed by atoms with van der Waals surface area (Å²) in [6.07, 6.45) is 94.6. The fraction of sp³-hybridized carbons (Fsp3) is 0.949. The molecule has 0 rings (SSSR count). The number of ether oxygens (including phenoxy) is 1. The lowest BCUT2D eigenvalue weighted by molar-refractivity contribution is -0.143. The van der Waals surface area contributed by atoms with Gasteiger partial charge in [-0.2, -0.15) is 0 Å². The number of rotatable bonds is 75. The summed E-state index contributed by atoms with van der Waals surface area (Å²) in [5.74, 6) is -0.00276. The van der Waals surface area contributed by atoms with Gasteiger partial charge < -0.3 is 20.3 Å². The molecule has 0 aliphatic carbocycles. The number of nitrogens with one attached hydrogen (secondary N) is 1. The predicted molar refractivity (Wildman–Crippen MR) is 375 cm³/mol. The lowest BCUT2D eigenvalue weighted by atomic mass is 10.0. The minimum atomic E-state index is -0.658. The Morgan fingerprint density at radius 1 is 0.318 bits per heavy atom. The molecule has 0 aromatic rings. The van der Waals surface area contributed by atoms with E-state index in [4.69, 9.17) is 4.74 Å². The Balaban J connectivity index is 3.27. The van der Waals surface area contributed by atoms with Crippen molar-refractivity contribution in [2.45, 2.75) is 469 Å². The quantitative estimate of drug-likeness (QED) is 0.0320. The Bertz CT molecular complexity index is 1290. The van der Waals surface area contributed by atoms with Crippen molar-refractivity contribution in [3.63, 3.8) is 0 Å². The van der Waals surface area contributed by atoms with Gasteiger partial charge in [0.15, 0.2) is 0 Å². The van der Waals surface area contributed by atoms with Crippen LogP contribution in [0.1, 0.15) is 457 Å². The molecule has 0 heterocycles. The number of unbranched alkanes of at least 4 members (excludes halogenated alkanes) is 62. The number of aliphatic hydroxyl groups excluding tert-OH is 2. The van der Waals surface area contributed by atoms with E-state index in [0.29, 0.717) is 25.9 Å². The number of hydrogen-bond acceptors (Lipinski definition) is 5. The molecule has 0 aromatic heterocycles. The molecule has 2 unspecified atom stereocenters. The van der Waals surface area contributed by atoms with Crippen LogP contribution < -0.4 is 5.32 Å². The molecule has 1 amide bonds. The van der Waals surface area contributed by atoms with Crippen molar-refractivity contribution in [2.24, 2.45) is 0 Å². The van der Waals surface area contributed by atoms with Crippen molar-refractivity contribution < 1.29 is 24.5 Å². The largest absolute Gasteiger partial charge is 0.466 e. The van der Waals surface area contributed by atoms with Crippen LogP contribution in [-0.2, 0) is 14.3 Å². The highest BCUT2D eigenvalue weighted by molar-refractivity contribution is 5.76. The van der Waals surface area contributed by atoms with Crippen LogP contribution in [0.5, 0.6) is 0 Å². The molecule has 0 radical (unpaired) electrons. The SMILES string of the molecule is CCCCCCCC/C=C\CCCCCCCCCCCC(=O)OCCCCCCCCCCCCCCCCCCCCCCCCCCCCCCCCCCCCCCCC(=O)NC(CO)C(O)CCCCCCCCCCCCCC. The summed E-state index contributed by atoms with van der Waals surface area (Å²) >= 11 is 0. The molecular formula is C79H155NO5. The number of carbonyl (C=O) groups is 2. The number of esters is 1. The Hall–Kier alpha value is -1.40. The van der Waals surface area contributed by atoms with Crippen molar-refractivity contribution in [3.05, 3.63) is 12.2 Å². The van der Waals surface area contributed by atoms with Crippen LogP contribution >= 0.6 is 0 Å². The molecule has 2 atom stereocenters. The van der Waals surface area contributed by atoms with Gasteiger partial charge in [-0.05, 0) is 51.4 Å². The lowest BCUT2D eigenvalue weighted by Gasteiger charge is -2.22. The highest BCUT2D eigenvalue weighted by Gasteiger charge is 2.20. The molecule has 0 bridgehead atoms. The Kier molecular flexibility index (Phi) is 73.8. The molecule has 0 saturated heterocycles. The summed E-state index contributed by atoms with van der Waals surface area (Å²) in [4.78, 5) is 24.6. The van der Waals surface area contributed by atoms with Crippen molar-refractivity contribution in [1.29, 1.82) is 0 Å². The number of hydrogen-bond donors (Lipinski definition) is 3. The van der Waals surface area contributed by atoms with E-state index < -0.39 is 12.1 Å². The Morgan fingerprint density at radius 2 is 0.553 bits per heavy atom. The third-order valence-corrected chi connectivity index (χ3v) is 18.8. The van der Waals surface area contributed by atoms with Gasteiger partial charge in [0.05, 0.1) is 25.4 Å². The molecule has 6 heteroatoms. The molecule has 506 valence electrons. The number of amides is 1. The third kappa shape index (κ3) is 71.6. The van der Waals surface area contributed by atoms with Crippen molar-refractivity contribution in [1.82, 2.24) is 5.32 Å². The van der Waals surface area contributed by atoms with Gasteiger partial charge >= 0.3 is 5.97 Å². The minimum Gasteiger partial charge on any atom is -0.466 e. The summed E-state index contributed by atoms with van der Waals surface area (Å²) in [7, 11) is 0. The van der Waals surface area contributed by atoms with Crippen molar-refractivity contribution in [2.75, 3.05) is 13.2 Å². The second-order valence-corrected chi connectivity index (χ2v) is 27.4. The first-order valence-electron chi connectivity index (χ1n) is 39.4.